The first-order valence-corrected chi connectivity index (χ1v) is 13.4. The fraction of sp³-hybridized carbons (Fsp3) is 0.200. The molecule has 36 heavy (non-hydrogen) atoms. The van der Waals surface area contributed by atoms with E-state index in [-0.39, 0.29) is 17.1 Å². The first-order chi connectivity index (χ1) is 17.0. The Morgan fingerprint density at radius 2 is 1.61 bits per heavy atom. The largest absolute Gasteiger partial charge is 0.357 e. The molecule has 1 N–H and O–H groups in total. The zero-order valence-corrected chi connectivity index (χ0v) is 22.6. The van der Waals surface area contributed by atoms with Gasteiger partial charge in [-0.3, -0.25) is 13.9 Å². The van der Waals surface area contributed by atoms with Crippen LogP contribution in [0.25, 0.3) is 0 Å². The highest BCUT2D eigenvalue weighted by atomic mass is 35.5. The van der Waals surface area contributed by atoms with Crippen molar-refractivity contribution in [2.45, 2.75) is 24.4 Å². The molecule has 7 nitrogen and oxygen atoms in total. The van der Waals surface area contributed by atoms with Crippen molar-refractivity contribution in [2.75, 3.05) is 17.9 Å². The van der Waals surface area contributed by atoms with E-state index in [4.69, 9.17) is 34.8 Å². The normalized spacial score (nSPS) is 12.0. The van der Waals surface area contributed by atoms with Crippen molar-refractivity contribution in [3.63, 3.8) is 0 Å². The average molecular weight is 569 g/mol. The van der Waals surface area contributed by atoms with Gasteiger partial charge in [0.1, 0.15) is 12.6 Å². The van der Waals surface area contributed by atoms with E-state index in [1.54, 1.807) is 61.5 Å². The van der Waals surface area contributed by atoms with Crippen LogP contribution in [-0.4, -0.2) is 44.8 Å². The Morgan fingerprint density at radius 3 is 2.22 bits per heavy atom. The second-order valence-corrected chi connectivity index (χ2v) is 11.0. The Hall–Kier alpha value is -2.78. The lowest BCUT2D eigenvalue weighted by Gasteiger charge is -2.31. The molecule has 0 bridgehead atoms. The Bertz CT molecular complexity index is 1350. The van der Waals surface area contributed by atoms with Crippen molar-refractivity contribution in [1.82, 2.24) is 10.2 Å². The maximum absolute atomic E-state index is 13.7. The van der Waals surface area contributed by atoms with Crippen molar-refractivity contribution in [2.24, 2.45) is 0 Å². The highest BCUT2D eigenvalue weighted by Gasteiger charge is 2.32. The van der Waals surface area contributed by atoms with E-state index in [1.807, 2.05) is 0 Å². The Kier molecular flexibility index (Phi) is 9.24. The molecule has 0 fully saturated rings. The lowest BCUT2D eigenvalue weighted by atomic mass is 10.1. The monoisotopic (exact) mass is 567 g/mol. The number of carbonyl (C=O) groups is 2. The molecule has 3 rings (SSSR count). The van der Waals surface area contributed by atoms with Crippen molar-refractivity contribution in [1.29, 1.82) is 0 Å². The third kappa shape index (κ3) is 6.50. The van der Waals surface area contributed by atoms with Gasteiger partial charge in [-0.2, -0.15) is 0 Å². The SMILES string of the molecule is CNC(=O)[C@@H](C)N(Cc1ccc(Cl)c(Cl)c1)C(=O)CN(c1cccc(Cl)c1)S(=O)(=O)c1ccccc1. The van der Waals surface area contributed by atoms with Crippen LogP contribution >= 0.6 is 34.8 Å². The second-order valence-electron chi connectivity index (χ2n) is 7.86. The number of hydrogen-bond donors (Lipinski definition) is 1. The highest BCUT2D eigenvalue weighted by Crippen LogP contribution is 2.27. The number of sulfonamides is 1. The topological polar surface area (TPSA) is 86.8 Å². The summed E-state index contributed by atoms with van der Waals surface area (Å²) in [6.45, 7) is 0.989. The first-order valence-electron chi connectivity index (χ1n) is 10.8. The molecule has 0 spiro atoms. The quantitative estimate of drug-likeness (QED) is 0.393. The number of nitrogens with one attached hydrogen (secondary N) is 1. The minimum absolute atomic E-state index is 0.000913. The van der Waals surface area contributed by atoms with Crippen LogP contribution in [0.15, 0.2) is 77.7 Å². The van der Waals surface area contributed by atoms with Gasteiger partial charge in [0.25, 0.3) is 10.0 Å². The van der Waals surface area contributed by atoms with Crippen molar-refractivity contribution >= 4 is 62.3 Å². The first kappa shape index (κ1) is 27.8. The van der Waals surface area contributed by atoms with Crippen LogP contribution in [0.1, 0.15) is 12.5 Å². The summed E-state index contributed by atoms with van der Waals surface area (Å²) in [5, 5.41) is 3.47. The Morgan fingerprint density at radius 1 is 0.917 bits per heavy atom. The van der Waals surface area contributed by atoms with Gasteiger partial charge in [-0.25, -0.2) is 8.42 Å². The van der Waals surface area contributed by atoms with Crippen molar-refractivity contribution < 1.29 is 18.0 Å². The smallest absolute Gasteiger partial charge is 0.264 e. The molecule has 3 aromatic carbocycles. The van der Waals surface area contributed by atoms with Crippen LogP contribution < -0.4 is 9.62 Å². The molecule has 190 valence electrons. The van der Waals surface area contributed by atoms with Gasteiger partial charge in [0, 0.05) is 18.6 Å². The molecule has 0 radical (unpaired) electrons. The molecule has 0 aliphatic carbocycles. The third-order valence-electron chi connectivity index (χ3n) is 5.46. The van der Waals surface area contributed by atoms with E-state index in [0.29, 0.717) is 20.6 Å². The summed E-state index contributed by atoms with van der Waals surface area (Å²) >= 11 is 18.3. The number of rotatable bonds is 9. The molecule has 11 heteroatoms. The van der Waals surface area contributed by atoms with Crippen LogP contribution in [0.4, 0.5) is 5.69 Å². The molecule has 1 atom stereocenters. The van der Waals surface area contributed by atoms with Gasteiger partial charge in [0.15, 0.2) is 0 Å². The number of benzene rings is 3. The zero-order valence-electron chi connectivity index (χ0n) is 19.5. The summed E-state index contributed by atoms with van der Waals surface area (Å²) in [5.74, 6) is -1.01. The fourth-order valence-corrected chi connectivity index (χ4v) is 5.44. The molecule has 3 aromatic rings. The van der Waals surface area contributed by atoms with Gasteiger partial charge in [0.2, 0.25) is 11.8 Å². The molecule has 0 saturated carbocycles. The predicted octanol–water partition coefficient (Wildman–Crippen LogP) is 5.01. The lowest BCUT2D eigenvalue weighted by Crippen LogP contribution is -2.50. The van der Waals surface area contributed by atoms with Gasteiger partial charge < -0.3 is 10.2 Å². The molecule has 0 heterocycles. The number of halogens is 3. The van der Waals surface area contributed by atoms with E-state index in [2.05, 4.69) is 5.32 Å². The minimum atomic E-state index is -4.15. The predicted molar refractivity (Wildman–Crippen MR) is 143 cm³/mol. The van der Waals surface area contributed by atoms with E-state index in [0.717, 1.165) is 4.31 Å². The average Bonchev–Trinajstić information content (AvgIpc) is 2.87. The Labute approximate surface area is 225 Å². The molecular weight excluding hydrogens is 545 g/mol. The summed E-state index contributed by atoms with van der Waals surface area (Å²) in [7, 11) is -2.69. The molecule has 0 aromatic heterocycles. The summed E-state index contributed by atoms with van der Waals surface area (Å²) < 4.78 is 28.2. The third-order valence-corrected chi connectivity index (χ3v) is 8.22. The van der Waals surface area contributed by atoms with Crippen LogP contribution in [0.5, 0.6) is 0 Å². The molecule has 2 amide bonds. The summed E-state index contributed by atoms with van der Waals surface area (Å²) in [4.78, 5) is 27.4. The number of anilines is 1. The number of carbonyl (C=O) groups excluding carboxylic acids is 2. The lowest BCUT2D eigenvalue weighted by molar-refractivity contribution is -0.139. The maximum Gasteiger partial charge on any atom is 0.264 e. The summed E-state index contributed by atoms with van der Waals surface area (Å²) in [6.07, 6.45) is 0. The van der Waals surface area contributed by atoms with Crippen LogP contribution in [-0.2, 0) is 26.2 Å². The number of amides is 2. The van der Waals surface area contributed by atoms with E-state index >= 15 is 0 Å². The molecule has 0 unspecified atom stereocenters. The van der Waals surface area contributed by atoms with E-state index < -0.39 is 34.4 Å². The number of likely N-dealkylation sites (N-methyl/N-ethyl adjacent to an activating group) is 1. The minimum Gasteiger partial charge on any atom is -0.357 e. The number of hydrogen-bond acceptors (Lipinski definition) is 4. The molecule has 0 saturated heterocycles. The standard InChI is InChI=1S/C25H24Cl3N3O4S/c1-17(25(33)29-2)30(15-18-11-12-22(27)23(28)13-18)24(32)16-31(20-8-6-7-19(26)14-20)36(34,35)21-9-4-3-5-10-21/h3-14,17H,15-16H2,1-2H3,(H,29,33)/t17-/m1/s1. The summed E-state index contributed by atoms with van der Waals surface area (Å²) in [6, 6.07) is 17.9. The van der Waals surface area contributed by atoms with E-state index in [1.165, 1.54) is 30.1 Å². The Balaban J connectivity index is 2.03. The van der Waals surface area contributed by atoms with Gasteiger partial charge in [-0.15, -0.1) is 0 Å². The maximum atomic E-state index is 13.7. The number of nitrogens with zero attached hydrogens (tertiary/aromatic N) is 2. The van der Waals surface area contributed by atoms with Crippen molar-refractivity contribution in [3.05, 3.63) is 93.4 Å². The van der Waals surface area contributed by atoms with Crippen LogP contribution in [0.3, 0.4) is 0 Å². The molecule has 0 aliphatic heterocycles. The zero-order chi connectivity index (χ0) is 26.5. The highest BCUT2D eigenvalue weighted by molar-refractivity contribution is 7.92. The molecular formula is C25H24Cl3N3O4S. The van der Waals surface area contributed by atoms with Gasteiger partial charge in [-0.1, -0.05) is 65.1 Å². The van der Waals surface area contributed by atoms with Gasteiger partial charge in [0.05, 0.1) is 20.6 Å². The summed E-state index contributed by atoms with van der Waals surface area (Å²) in [5.41, 5.74) is 0.829. The van der Waals surface area contributed by atoms with Gasteiger partial charge >= 0.3 is 0 Å². The van der Waals surface area contributed by atoms with Crippen LogP contribution in [0, 0.1) is 0 Å². The van der Waals surface area contributed by atoms with E-state index in [9.17, 15) is 18.0 Å². The second kappa shape index (κ2) is 12.0. The van der Waals surface area contributed by atoms with Crippen molar-refractivity contribution in [3.8, 4) is 0 Å². The molecule has 0 aliphatic rings. The van der Waals surface area contributed by atoms with Gasteiger partial charge in [-0.05, 0) is 55.0 Å². The fourth-order valence-electron chi connectivity index (χ4n) is 3.51. The van der Waals surface area contributed by atoms with Crippen LogP contribution in [0.2, 0.25) is 15.1 Å².